The molecule has 0 unspecified atom stereocenters. The lowest BCUT2D eigenvalue weighted by atomic mass is 10.0. The maximum atomic E-state index is 14.9. The molecule has 0 radical (unpaired) electrons. The third kappa shape index (κ3) is 12.0. The van der Waals surface area contributed by atoms with Gasteiger partial charge in [0.15, 0.2) is 0 Å². The van der Waals surface area contributed by atoms with Crippen molar-refractivity contribution >= 4 is 58.2 Å². The van der Waals surface area contributed by atoms with E-state index < -0.39 is 102 Å². The van der Waals surface area contributed by atoms with E-state index in [0.29, 0.717) is 31.2 Å². The Morgan fingerprint density at radius 2 is 1.55 bits per heavy atom. The van der Waals surface area contributed by atoms with Crippen LogP contribution in [0, 0.1) is 0 Å². The van der Waals surface area contributed by atoms with Crippen LogP contribution in [0.3, 0.4) is 0 Å². The monoisotopic (exact) mass is 887 g/mol. The van der Waals surface area contributed by atoms with Gasteiger partial charge in [0.05, 0.1) is 30.6 Å². The molecule has 1 aliphatic carbocycles. The van der Waals surface area contributed by atoms with Gasteiger partial charge in [-0.2, -0.15) is 0 Å². The summed E-state index contributed by atoms with van der Waals surface area (Å²) in [6, 6.07) is -0.813. The standard InChI is InChI=1S/C43H61N13O8/c1-2-3-13-31-43(64)55-22-26(56-23-34(53-54-56)24-10-4-5-11-24)18-35(55)42(63)52-32(17-25-21-48-29-14-7-6-12-27(25)29)40(61)49-30(38(46)59)15-8-9-16-47-37(58)19-28(44)39(60)51-33(20-36(45)57)41(62)50-31/h6-7,12,14,21,23-24,26,28,30-33,35,48H,2-5,8-11,13,15-20,22,44H2,1H3,(H2,45,57)(H2,46,59)(H,47,58)(H,49,61)(H,50,62)(H,51,60)(H,52,63)/t26-,28-,30-,31-,32-,33-,35-/m0/s1. The summed E-state index contributed by atoms with van der Waals surface area (Å²) in [5, 5.41) is 23.1. The van der Waals surface area contributed by atoms with Crippen LogP contribution in [-0.4, -0.2) is 121 Å². The van der Waals surface area contributed by atoms with Gasteiger partial charge in [-0.1, -0.05) is 56.0 Å². The summed E-state index contributed by atoms with van der Waals surface area (Å²) in [4.78, 5) is 113. The van der Waals surface area contributed by atoms with Crippen molar-refractivity contribution in [2.75, 3.05) is 13.1 Å². The lowest BCUT2D eigenvalue weighted by Gasteiger charge is -2.31. The number of para-hydroxylation sites is 1. The minimum atomic E-state index is -1.55. The Balaban J connectivity index is 1.36. The average Bonchev–Trinajstić information content (AvgIpc) is 4.10. The van der Waals surface area contributed by atoms with E-state index in [1.807, 2.05) is 37.4 Å². The minimum absolute atomic E-state index is 0.00130. The first-order valence-electron chi connectivity index (χ1n) is 22.3. The zero-order chi connectivity index (χ0) is 45.9. The van der Waals surface area contributed by atoms with E-state index >= 15 is 0 Å². The molecule has 1 saturated carbocycles. The highest BCUT2D eigenvalue weighted by atomic mass is 16.2. The minimum Gasteiger partial charge on any atom is -0.370 e. The molecule has 8 amide bonds. The van der Waals surface area contributed by atoms with Crippen LogP contribution in [-0.2, 0) is 44.8 Å². The van der Waals surface area contributed by atoms with E-state index in [2.05, 4.69) is 41.9 Å². The van der Waals surface area contributed by atoms with Crippen molar-refractivity contribution in [2.45, 2.75) is 145 Å². The van der Waals surface area contributed by atoms with Crippen molar-refractivity contribution in [1.29, 1.82) is 0 Å². The summed E-state index contributed by atoms with van der Waals surface area (Å²) < 4.78 is 1.66. The number of hydrogen-bond acceptors (Lipinski definition) is 11. The molecule has 4 heterocycles. The maximum Gasteiger partial charge on any atom is 0.245 e. The lowest BCUT2D eigenvalue weighted by Crippen LogP contribution is -2.59. The maximum absolute atomic E-state index is 14.9. The molecular weight excluding hydrogens is 827 g/mol. The second kappa shape index (κ2) is 21.8. The molecule has 3 fully saturated rings. The van der Waals surface area contributed by atoms with Crippen LogP contribution >= 0.6 is 0 Å². The Morgan fingerprint density at radius 1 is 0.844 bits per heavy atom. The summed E-state index contributed by atoms with van der Waals surface area (Å²) >= 11 is 0. The van der Waals surface area contributed by atoms with Gasteiger partial charge in [-0.05, 0) is 50.2 Å². The molecule has 346 valence electrons. The van der Waals surface area contributed by atoms with Crippen molar-refractivity contribution < 1.29 is 38.4 Å². The largest absolute Gasteiger partial charge is 0.370 e. The smallest absolute Gasteiger partial charge is 0.245 e. The second-order valence-electron chi connectivity index (χ2n) is 17.2. The van der Waals surface area contributed by atoms with Crippen molar-refractivity contribution in [3.05, 3.63) is 47.9 Å². The third-order valence-electron chi connectivity index (χ3n) is 12.4. The molecule has 3 aliphatic rings. The van der Waals surface area contributed by atoms with Crippen LogP contribution in [0.2, 0.25) is 0 Å². The molecule has 6 rings (SSSR count). The van der Waals surface area contributed by atoms with Crippen LogP contribution in [0.25, 0.3) is 10.9 Å². The highest BCUT2D eigenvalue weighted by Crippen LogP contribution is 2.34. The number of nitrogens with two attached hydrogens (primary N) is 3. The molecule has 0 spiro atoms. The normalized spacial score (nSPS) is 26.4. The number of nitrogens with zero attached hydrogens (tertiary/aromatic N) is 4. The van der Waals surface area contributed by atoms with E-state index in [1.54, 1.807) is 10.9 Å². The van der Waals surface area contributed by atoms with Crippen LogP contribution < -0.4 is 43.8 Å². The number of carbonyl (C=O) groups is 8. The third-order valence-corrected chi connectivity index (χ3v) is 12.4. The van der Waals surface area contributed by atoms with Gasteiger partial charge in [-0.3, -0.25) is 38.4 Å². The molecule has 12 N–H and O–H groups in total. The highest BCUT2D eigenvalue weighted by Gasteiger charge is 2.45. The van der Waals surface area contributed by atoms with E-state index in [0.717, 1.165) is 42.3 Å². The first-order valence-corrected chi connectivity index (χ1v) is 22.3. The fourth-order valence-electron chi connectivity index (χ4n) is 8.82. The number of aromatic nitrogens is 4. The SMILES string of the molecule is CCCC[C@@H]1NC(=O)[C@H](CC(N)=O)NC(=O)[C@@H](N)CC(=O)NCCCC[C@@H](C(N)=O)NC(=O)[C@H](Cc2c[nH]c3ccccc23)NC(=O)[C@@H]2C[C@H](n3cc(C4CCCC4)nn3)CN2C1=O. The molecule has 3 aromatic rings. The first-order chi connectivity index (χ1) is 30.7. The fourth-order valence-corrected chi connectivity index (χ4v) is 8.82. The number of unbranched alkanes of at least 4 members (excludes halogenated alkanes) is 1. The number of amides is 8. The summed E-state index contributed by atoms with van der Waals surface area (Å²) in [6.45, 7) is 2.03. The molecular formula is C43H61N13O8. The molecule has 2 aromatic heterocycles. The zero-order valence-corrected chi connectivity index (χ0v) is 36.2. The van der Waals surface area contributed by atoms with E-state index in [4.69, 9.17) is 17.2 Å². The van der Waals surface area contributed by atoms with Crippen LogP contribution in [0.5, 0.6) is 0 Å². The number of hydrogen-bond donors (Lipinski definition) is 9. The van der Waals surface area contributed by atoms with Crippen molar-refractivity contribution in [3.63, 3.8) is 0 Å². The number of H-pyrrole nitrogens is 1. The van der Waals surface area contributed by atoms with Gasteiger partial charge in [-0.15, -0.1) is 5.10 Å². The van der Waals surface area contributed by atoms with Crippen LogP contribution in [0.15, 0.2) is 36.7 Å². The van der Waals surface area contributed by atoms with Gasteiger partial charge in [0.25, 0.3) is 0 Å². The summed E-state index contributed by atoms with van der Waals surface area (Å²) in [7, 11) is 0. The van der Waals surface area contributed by atoms with Crippen molar-refractivity contribution in [1.82, 2.24) is 51.5 Å². The Bertz CT molecular complexity index is 2180. The molecule has 1 aromatic carbocycles. The molecule has 21 heteroatoms. The Morgan fingerprint density at radius 3 is 2.28 bits per heavy atom. The number of nitrogens with one attached hydrogen (secondary N) is 6. The molecule has 0 bridgehead atoms. The molecule has 2 aliphatic heterocycles. The zero-order valence-electron chi connectivity index (χ0n) is 36.2. The Kier molecular flexibility index (Phi) is 16.1. The average molecular weight is 888 g/mol. The number of fused-ring (bicyclic) bond motifs is 2. The number of benzene rings is 1. The molecule has 21 nitrogen and oxygen atoms in total. The summed E-state index contributed by atoms with van der Waals surface area (Å²) in [5.74, 6) is -5.81. The van der Waals surface area contributed by atoms with Gasteiger partial charge in [-0.25, -0.2) is 4.68 Å². The fraction of sp³-hybridized carbons (Fsp3) is 0.581. The van der Waals surface area contributed by atoms with Gasteiger partial charge in [0.2, 0.25) is 47.3 Å². The number of rotatable bonds is 10. The number of primary amides is 2. The lowest BCUT2D eigenvalue weighted by molar-refractivity contribution is -0.143. The van der Waals surface area contributed by atoms with Crippen LogP contribution in [0.4, 0.5) is 0 Å². The highest BCUT2D eigenvalue weighted by molar-refractivity contribution is 5.98. The first kappa shape index (κ1) is 47.1. The molecule has 7 atom stereocenters. The van der Waals surface area contributed by atoms with Gasteiger partial charge >= 0.3 is 0 Å². The van der Waals surface area contributed by atoms with Gasteiger partial charge in [0.1, 0.15) is 30.2 Å². The predicted octanol–water partition coefficient (Wildman–Crippen LogP) is -0.691. The van der Waals surface area contributed by atoms with E-state index in [9.17, 15) is 38.4 Å². The Labute approximate surface area is 370 Å². The number of aromatic amines is 1. The topological polar surface area (TPSA) is 325 Å². The van der Waals surface area contributed by atoms with Gasteiger partial charge < -0.3 is 53.7 Å². The Hall–Kier alpha value is -6.38. The van der Waals surface area contributed by atoms with E-state index in [1.165, 1.54) is 4.90 Å². The van der Waals surface area contributed by atoms with Crippen molar-refractivity contribution in [3.8, 4) is 0 Å². The van der Waals surface area contributed by atoms with E-state index in [-0.39, 0.29) is 44.7 Å². The van der Waals surface area contributed by atoms with Crippen LogP contribution in [0.1, 0.15) is 114 Å². The molecule has 64 heavy (non-hydrogen) atoms. The molecule has 2 saturated heterocycles. The number of carbonyl (C=O) groups excluding carboxylic acids is 8. The summed E-state index contributed by atoms with van der Waals surface area (Å²) in [5.41, 5.74) is 19.6. The predicted molar refractivity (Wildman–Crippen MR) is 232 cm³/mol. The quantitative estimate of drug-likeness (QED) is 0.123. The van der Waals surface area contributed by atoms with Gasteiger partial charge in [0, 0.05) is 55.1 Å². The summed E-state index contributed by atoms with van der Waals surface area (Å²) in [6.07, 6.45) is 8.74. The van der Waals surface area contributed by atoms with Crippen molar-refractivity contribution in [2.24, 2.45) is 17.2 Å². The second-order valence-corrected chi connectivity index (χ2v) is 17.2.